The Morgan fingerprint density at radius 2 is 1.52 bits per heavy atom. The molecule has 0 aliphatic heterocycles. The van der Waals surface area contributed by atoms with Gasteiger partial charge in [-0.3, -0.25) is 4.79 Å². The fraction of sp³-hybridized carbons (Fsp3) is 0.700. The summed E-state index contributed by atoms with van der Waals surface area (Å²) in [6, 6.07) is 6.62. The molecule has 0 spiro atoms. The van der Waals surface area contributed by atoms with Crippen LogP contribution in [0.4, 0.5) is 0 Å². The molecule has 5 fully saturated rings. The van der Waals surface area contributed by atoms with Crippen LogP contribution in [-0.4, -0.2) is 39.5 Å². The molecule has 0 saturated heterocycles. The molecule has 5 aliphatic carbocycles. The van der Waals surface area contributed by atoms with Crippen LogP contribution >= 0.6 is 0 Å². The summed E-state index contributed by atoms with van der Waals surface area (Å²) in [6.07, 6.45) is 9.65. The van der Waals surface area contributed by atoms with Gasteiger partial charge in [0, 0.05) is 11.5 Å². The van der Waals surface area contributed by atoms with Crippen LogP contribution < -0.4 is 0 Å². The van der Waals surface area contributed by atoms with E-state index in [1.54, 1.807) is 30.3 Å². The van der Waals surface area contributed by atoms with E-state index in [9.17, 15) is 24.9 Å². The van der Waals surface area contributed by atoms with Gasteiger partial charge < -0.3 is 20.1 Å². The van der Waals surface area contributed by atoms with Crippen molar-refractivity contribution in [1.29, 1.82) is 0 Å². The molecule has 6 heteroatoms. The van der Waals surface area contributed by atoms with E-state index in [1.807, 2.05) is 0 Å². The third-order valence-corrected chi connectivity index (χ3v) is 15.7. The van der Waals surface area contributed by atoms with Crippen molar-refractivity contribution in [2.45, 2.75) is 118 Å². The summed E-state index contributed by atoms with van der Waals surface area (Å²) in [4.78, 5) is 26.1. The van der Waals surface area contributed by atoms with Crippen molar-refractivity contribution in [3.8, 4) is 5.75 Å². The second-order valence-electron chi connectivity index (χ2n) is 17.7. The van der Waals surface area contributed by atoms with Gasteiger partial charge in [-0.1, -0.05) is 65.8 Å². The van der Waals surface area contributed by atoms with Gasteiger partial charge in [0.15, 0.2) is 0 Å². The minimum absolute atomic E-state index is 0.00963. The molecular weight excluding hydrogens is 576 g/mol. The van der Waals surface area contributed by atoms with Crippen LogP contribution in [0.2, 0.25) is 0 Å². The number of phenolic OH excluding ortho intramolecular Hbond substituents is 1. The number of aromatic hydroxyl groups is 1. The van der Waals surface area contributed by atoms with E-state index in [0.717, 1.165) is 62.5 Å². The predicted molar refractivity (Wildman–Crippen MR) is 180 cm³/mol. The van der Waals surface area contributed by atoms with Gasteiger partial charge in [-0.15, -0.1) is 0 Å². The van der Waals surface area contributed by atoms with E-state index in [0.29, 0.717) is 12.3 Å². The van der Waals surface area contributed by atoms with Gasteiger partial charge in [0.1, 0.15) is 11.9 Å². The van der Waals surface area contributed by atoms with E-state index in [1.165, 1.54) is 6.08 Å². The van der Waals surface area contributed by atoms with Crippen LogP contribution in [0.5, 0.6) is 5.75 Å². The number of aliphatic hydroxyl groups excluding tert-OH is 1. The molecule has 5 aliphatic rings. The van der Waals surface area contributed by atoms with Gasteiger partial charge >= 0.3 is 11.9 Å². The number of aliphatic hydroxyl groups is 1. The highest BCUT2D eigenvalue weighted by molar-refractivity contribution is 5.87. The van der Waals surface area contributed by atoms with Crippen LogP contribution in [-0.2, 0) is 14.3 Å². The van der Waals surface area contributed by atoms with Gasteiger partial charge in [0.25, 0.3) is 0 Å². The van der Waals surface area contributed by atoms with Gasteiger partial charge in [0.05, 0.1) is 11.5 Å². The first-order valence-electron chi connectivity index (χ1n) is 17.6. The number of aliphatic carboxylic acids is 1. The molecule has 6 rings (SSSR count). The lowest BCUT2D eigenvalue weighted by Crippen LogP contribution is -2.71. The zero-order valence-electron chi connectivity index (χ0n) is 29.1. The summed E-state index contributed by atoms with van der Waals surface area (Å²) in [6.45, 7) is 20.7. The van der Waals surface area contributed by atoms with Crippen molar-refractivity contribution in [3.05, 3.63) is 48.1 Å². The predicted octanol–water partition coefficient (Wildman–Crippen LogP) is 8.42. The molecule has 46 heavy (non-hydrogen) atoms. The SMILES string of the molecule is C=C(C)[C@@H]1CC[C@]2(C(=O)O)CC[C@@]3(C)[C@@](C)(CC[C@@H]4[C@@]5(C)C[C@@H](O)[C@@H](OC(=O)/C=C\c6ccc(O)cc6)C(C)(C)[C@@H]5CC[C@]43C)[C@@H]12. The number of carbonyl (C=O) groups excluding carboxylic acids is 1. The highest BCUT2D eigenvalue weighted by Gasteiger charge is 2.76. The van der Waals surface area contributed by atoms with Gasteiger partial charge in [0.2, 0.25) is 0 Å². The lowest BCUT2D eigenvalue weighted by atomic mass is 9.28. The maximum atomic E-state index is 13.1. The van der Waals surface area contributed by atoms with Gasteiger partial charge in [-0.2, -0.15) is 0 Å². The zero-order chi connectivity index (χ0) is 33.7. The Morgan fingerprint density at radius 1 is 0.891 bits per heavy atom. The number of phenols is 1. The molecule has 0 heterocycles. The second kappa shape index (κ2) is 10.7. The van der Waals surface area contributed by atoms with Crippen molar-refractivity contribution in [3.63, 3.8) is 0 Å². The van der Waals surface area contributed by atoms with E-state index >= 15 is 0 Å². The number of rotatable bonds is 5. The molecule has 1 aromatic carbocycles. The number of ether oxygens (including phenoxy) is 1. The average Bonchev–Trinajstić information content (AvgIpc) is 3.39. The smallest absolute Gasteiger partial charge is 0.331 e. The minimum Gasteiger partial charge on any atom is -0.508 e. The molecule has 11 atom stereocenters. The number of carboxylic acids is 1. The number of benzene rings is 1. The maximum Gasteiger partial charge on any atom is 0.331 e. The Hall–Kier alpha value is -2.60. The summed E-state index contributed by atoms with van der Waals surface area (Å²) in [5.41, 5.74) is 0.500. The summed E-state index contributed by atoms with van der Waals surface area (Å²) < 4.78 is 6.07. The van der Waals surface area contributed by atoms with Crippen molar-refractivity contribution >= 4 is 18.0 Å². The highest BCUT2D eigenvalue weighted by Crippen LogP contribution is 2.81. The monoisotopic (exact) mass is 632 g/mol. The first-order valence-corrected chi connectivity index (χ1v) is 17.6. The van der Waals surface area contributed by atoms with Crippen molar-refractivity contribution < 1.29 is 29.6 Å². The van der Waals surface area contributed by atoms with E-state index in [4.69, 9.17) is 4.74 Å². The largest absolute Gasteiger partial charge is 0.508 e. The number of carboxylic acid groups (broad SMARTS) is 1. The average molecular weight is 633 g/mol. The molecule has 1 aromatic rings. The topological polar surface area (TPSA) is 104 Å². The lowest BCUT2D eigenvalue weighted by molar-refractivity contribution is -0.287. The Morgan fingerprint density at radius 3 is 2.15 bits per heavy atom. The standard InChI is InChI=1S/C40H56O6/c1-24(2)27-15-20-40(34(44)45)22-21-39(8)37(6)18-16-29-35(3,4)33(46-31(43)14-11-25-9-12-26(41)13-10-25)28(42)23-36(29,5)30(37)17-19-38(39,7)32(27)40/h9-14,27-30,32-33,41-42H,1,15-23H2,2-8H3,(H,44,45)/b14-11-/t27-,28+,29-,30+,32+,33+,36-,37+,38-,39+,40-/m0/s1. The third-order valence-electron chi connectivity index (χ3n) is 15.7. The lowest BCUT2D eigenvalue weighted by Gasteiger charge is -2.76. The van der Waals surface area contributed by atoms with E-state index in [2.05, 4.69) is 55.0 Å². The fourth-order valence-electron chi connectivity index (χ4n) is 13.4. The summed E-state index contributed by atoms with van der Waals surface area (Å²) >= 11 is 0. The molecule has 0 unspecified atom stereocenters. The summed E-state index contributed by atoms with van der Waals surface area (Å²) in [5.74, 6) is 0.0573. The van der Waals surface area contributed by atoms with Gasteiger partial charge in [-0.25, -0.2) is 4.79 Å². The summed E-state index contributed by atoms with van der Waals surface area (Å²) in [7, 11) is 0. The van der Waals surface area contributed by atoms with Crippen LogP contribution in [0.1, 0.15) is 112 Å². The van der Waals surface area contributed by atoms with Crippen LogP contribution in [0.3, 0.4) is 0 Å². The second-order valence-corrected chi connectivity index (χ2v) is 17.7. The number of esters is 1. The first kappa shape index (κ1) is 33.3. The quantitative estimate of drug-likeness (QED) is 0.171. The fourth-order valence-corrected chi connectivity index (χ4v) is 13.4. The molecule has 0 radical (unpaired) electrons. The molecule has 5 saturated carbocycles. The minimum atomic E-state index is -0.778. The van der Waals surface area contributed by atoms with Crippen LogP contribution in [0, 0.1) is 56.2 Å². The molecule has 0 bridgehead atoms. The van der Waals surface area contributed by atoms with Crippen LogP contribution in [0.15, 0.2) is 42.5 Å². The number of hydrogen-bond donors (Lipinski definition) is 3. The molecule has 6 nitrogen and oxygen atoms in total. The van der Waals surface area contributed by atoms with Gasteiger partial charge in [-0.05, 0) is 134 Å². The Balaban J connectivity index is 1.29. The van der Waals surface area contributed by atoms with Crippen LogP contribution in [0.25, 0.3) is 6.08 Å². The molecule has 252 valence electrons. The van der Waals surface area contributed by atoms with E-state index in [-0.39, 0.29) is 45.2 Å². The first-order chi connectivity index (χ1) is 21.4. The summed E-state index contributed by atoms with van der Waals surface area (Å²) in [5, 5.41) is 32.1. The maximum absolute atomic E-state index is 13.1. The molecular formula is C40H56O6. The third kappa shape index (κ3) is 4.37. The number of allylic oxidation sites excluding steroid dienone is 1. The Kier molecular flexibility index (Phi) is 7.75. The Labute approximate surface area is 275 Å². The molecule has 0 amide bonds. The normalized spacial score (nSPS) is 46.0. The Bertz CT molecular complexity index is 1440. The number of hydrogen-bond acceptors (Lipinski definition) is 5. The highest BCUT2D eigenvalue weighted by atomic mass is 16.6. The van der Waals surface area contributed by atoms with Crippen molar-refractivity contribution in [2.75, 3.05) is 0 Å². The molecule has 0 aromatic heterocycles. The number of fused-ring (bicyclic) bond motifs is 7. The number of carbonyl (C=O) groups is 2. The van der Waals surface area contributed by atoms with Crippen molar-refractivity contribution in [1.82, 2.24) is 0 Å². The van der Waals surface area contributed by atoms with Crippen molar-refractivity contribution in [2.24, 2.45) is 56.2 Å². The van der Waals surface area contributed by atoms with E-state index < -0.39 is 35.0 Å². The zero-order valence-corrected chi connectivity index (χ0v) is 29.1. The molecule has 3 N–H and O–H groups in total.